The Bertz CT molecular complexity index is 943. The van der Waals surface area contributed by atoms with Gasteiger partial charge >= 0.3 is 0 Å². The highest BCUT2D eigenvalue weighted by atomic mass is 32.1. The quantitative estimate of drug-likeness (QED) is 0.737. The van der Waals surface area contributed by atoms with Crippen molar-refractivity contribution in [3.63, 3.8) is 0 Å². The van der Waals surface area contributed by atoms with Gasteiger partial charge in [-0.1, -0.05) is 17.4 Å². The molecule has 118 valence electrons. The molecule has 0 radical (unpaired) electrons. The third kappa shape index (κ3) is 3.17. The van der Waals surface area contributed by atoms with Crippen molar-refractivity contribution in [2.45, 2.75) is 6.92 Å². The number of halogens is 1. The fourth-order valence-electron chi connectivity index (χ4n) is 2.25. The Morgan fingerprint density at radius 3 is 2.87 bits per heavy atom. The van der Waals surface area contributed by atoms with Crippen LogP contribution >= 0.6 is 11.3 Å². The van der Waals surface area contributed by atoms with Gasteiger partial charge in [-0.3, -0.25) is 4.79 Å². The lowest BCUT2D eigenvalue weighted by atomic mass is 10.2. The Balaban J connectivity index is 2.05. The summed E-state index contributed by atoms with van der Waals surface area (Å²) in [4.78, 5) is 16.9. The number of amides is 1. The van der Waals surface area contributed by atoms with Crippen molar-refractivity contribution >= 4 is 27.5 Å². The second-order valence-electron chi connectivity index (χ2n) is 4.93. The van der Waals surface area contributed by atoms with Crippen molar-refractivity contribution in [2.75, 3.05) is 6.61 Å². The van der Waals surface area contributed by atoms with Crippen molar-refractivity contribution in [2.24, 2.45) is 12.0 Å². The van der Waals surface area contributed by atoms with Gasteiger partial charge in [0.25, 0.3) is 5.91 Å². The average Bonchev–Trinajstić information content (AvgIpc) is 2.83. The van der Waals surface area contributed by atoms with E-state index in [4.69, 9.17) is 4.74 Å². The molecule has 1 amide bonds. The Morgan fingerprint density at radius 1 is 1.30 bits per heavy atom. The van der Waals surface area contributed by atoms with E-state index < -0.39 is 11.7 Å². The first-order valence-electron chi connectivity index (χ1n) is 7.15. The Labute approximate surface area is 136 Å². The molecule has 0 unspecified atom stereocenters. The maximum atomic E-state index is 13.2. The maximum Gasteiger partial charge on any atom is 0.279 e. The van der Waals surface area contributed by atoms with Crippen LogP contribution < -0.4 is 9.54 Å². The van der Waals surface area contributed by atoms with E-state index in [1.807, 2.05) is 36.7 Å². The Hall–Kier alpha value is -2.47. The molecule has 0 spiro atoms. The molecule has 0 atom stereocenters. The van der Waals surface area contributed by atoms with Gasteiger partial charge in [-0.2, -0.15) is 4.99 Å². The van der Waals surface area contributed by atoms with Gasteiger partial charge < -0.3 is 9.30 Å². The largest absolute Gasteiger partial charge is 0.494 e. The lowest BCUT2D eigenvalue weighted by Gasteiger charge is -2.02. The van der Waals surface area contributed by atoms with E-state index in [9.17, 15) is 9.18 Å². The zero-order chi connectivity index (χ0) is 16.4. The molecular weight excluding hydrogens is 315 g/mol. The van der Waals surface area contributed by atoms with Gasteiger partial charge in [-0.05, 0) is 43.3 Å². The van der Waals surface area contributed by atoms with Gasteiger partial charge in [-0.25, -0.2) is 4.39 Å². The SMILES string of the molecule is CCOc1ccc2c(c1)sc(=NC(=O)c1cccc(F)c1)n2C. The number of thiazole rings is 1. The highest BCUT2D eigenvalue weighted by Crippen LogP contribution is 2.22. The molecule has 0 bridgehead atoms. The topological polar surface area (TPSA) is 43.6 Å². The van der Waals surface area contributed by atoms with E-state index in [-0.39, 0.29) is 5.56 Å². The fraction of sp³-hybridized carbons (Fsp3) is 0.176. The summed E-state index contributed by atoms with van der Waals surface area (Å²) in [6, 6.07) is 11.3. The van der Waals surface area contributed by atoms with Gasteiger partial charge in [0.15, 0.2) is 4.80 Å². The Morgan fingerprint density at radius 2 is 2.13 bits per heavy atom. The number of fused-ring (bicyclic) bond motifs is 1. The predicted molar refractivity (Wildman–Crippen MR) is 88.3 cm³/mol. The Kier molecular flexibility index (Phi) is 4.25. The molecule has 0 fully saturated rings. The van der Waals surface area contributed by atoms with E-state index in [1.54, 1.807) is 6.07 Å². The predicted octanol–water partition coefficient (Wildman–Crippen LogP) is 3.52. The number of carbonyl (C=O) groups is 1. The summed E-state index contributed by atoms with van der Waals surface area (Å²) in [5.74, 6) is -0.130. The van der Waals surface area contributed by atoms with E-state index >= 15 is 0 Å². The van der Waals surface area contributed by atoms with Gasteiger partial charge in [0.1, 0.15) is 11.6 Å². The number of nitrogens with zero attached hydrogens (tertiary/aromatic N) is 2. The number of ether oxygens (including phenoxy) is 1. The van der Waals surface area contributed by atoms with Crippen LogP contribution in [0.2, 0.25) is 0 Å². The summed E-state index contributed by atoms with van der Waals surface area (Å²) >= 11 is 1.39. The van der Waals surface area contributed by atoms with Crippen LogP contribution in [0.5, 0.6) is 5.75 Å². The van der Waals surface area contributed by atoms with E-state index in [2.05, 4.69) is 4.99 Å². The molecule has 3 rings (SSSR count). The van der Waals surface area contributed by atoms with Gasteiger partial charge in [0.05, 0.1) is 16.8 Å². The third-order valence-electron chi connectivity index (χ3n) is 3.36. The molecule has 1 aromatic heterocycles. The molecule has 0 aliphatic heterocycles. The van der Waals surface area contributed by atoms with Gasteiger partial charge in [0, 0.05) is 12.6 Å². The summed E-state index contributed by atoms with van der Waals surface area (Å²) in [6.07, 6.45) is 0. The van der Waals surface area contributed by atoms with E-state index in [1.165, 1.54) is 29.5 Å². The van der Waals surface area contributed by atoms with E-state index in [0.717, 1.165) is 16.0 Å². The van der Waals surface area contributed by atoms with Crippen LogP contribution in [0.3, 0.4) is 0 Å². The second-order valence-corrected chi connectivity index (χ2v) is 5.94. The monoisotopic (exact) mass is 330 g/mol. The number of benzene rings is 2. The van der Waals surface area contributed by atoms with Crippen LogP contribution in [-0.2, 0) is 7.05 Å². The standard InChI is InChI=1S/C17H15FN2O2S/c1-3-22-13-7-8-14-15(10-13)23-17(20(14)2)19-16(21)11-5-4-6-12(18)9-11/h4-10H,3H2,1-2H3. The molecule has 0 aliphatic rings. The molecule has 0 aliphatic carbocycles. The summed E-state index contributed by atoms with van der Waals surface area (Å²) in [6.45, 7) is 2.52. The highest BCUT2D eigenvalue weighted by Gasteiger charge is 2.08. The molecule has 0 saturated carbocycles. The normalized spacial score (nSPS) is 11.9. The number of aryl methyl sites for hydroxylation is 1. The molecule has 0 saturated heterocycles. The molecule has 23 heavy (non-hydrogen) atoms. The van der Waals surface area contributed by atoms with Crippen LogP contribution in [0.1, 0.15) is 17.3 Å². The second kappa shape index (κ2) is 6.34. The van der Waals surface area contributed by atoms with Crippen molar-refractivity contribution in [3.8, 4) is 5.75 Å². The zero-order valence-corrected chi connectivity index (χ0v) is 13.6. The molecule has 4 nitrogen and oxygen atoms in total. The number of aromatic nitrogens is 1. The van der Waals surface area contributed by atoms with Crippen molar-refractivity contribution in [3.05, 3.63) is 58.6 Å². The first-order chi connectivity index (χ1) is 11.1. The minimum Gasteiger partial charge on any atom is -0.494 e. The van der Waals surface area contributed by atoms with Crippen LogP contribution in [-0.4, -0.2) is 17.1 Å². The van der Waals surface area contributed by atoms with Gasteiger partial charge in [-0.15, -0.1) is 0 Å². The van der Waals surface area contributed by atoms with Crippen LogP contribution in [0, 0.1) is 5.82 Å². The number of rotatable bonds is 3. The molecule has 3 aromatic rings. The first-order valence-corrected chi connectivity index (χ1v) is 7.97. The first kappa shape index (κ1) is 15.4. The lowest BCUT2D eigenvalue weighted by Crippen LogP contribution is -2.13. The maximum absolute atomic E-state index is 13.2. The smallest absolute Gasteiger partial charge is 0.279 e. The van der Waals surface area contributed by atoms with Crippen LogP contribution in [0.25, 0.3) is 10.2 Å². The highest BCUT2D eigenvalue weighted by molar-refractivity contribution is 7.16. The van der Waals surface area contributed by atoms with Crippen molar-refractivity contribution < 1.29 is 13.9 Å². The zero-order valence-electron chi connectivity index (χ0n) is 12.7. The molecule has 0 N–H and O–H groups in total. The van der Waals surface area contributed by atoms with Crippen LogP contribution in [0.4, 0.5) is 4.39 Å². The summed E-state index contributed by atoms with van der Waals surface area (Å²) in [5, 5.41) is 0. The minimum atomic E-state index is -0.461. The third-order valence-corrected chi connectivity index (χ3v) is 4.46. The van der Waals surface area contributed by atoms with Crippen LogP contribution in [0.15, 0.2) is 47.5 Å². The number of hydrogen-bond acceptors (Lipinski definition) is 3. The molecule has 6 heteroatoms. The molecule has 1 heterocycles. The number of hydrogen-bond donors (Lipinski definition) is 0. The van der Waals surface area contributed by atoms with Crippen molar-refractivity contribution in [1.82, 2.24) is 4.57 Å². The van der Waals surface area contributed by atoms with Crippen molar-refractivity contribution in [1.29, 1.82) is 0 Å². The number of carbonyl (C=O) groups excluding carboxylic acids is 1. The summed E-state index contributed by atoms with van der Waals surface area (Å²) < 4.78 is 21.5. The van der Waals surface area contributed by atoms with E-state index in [0.29, 0.717) is 11.4 Å². The van der Waals surface area contributed by atoms with Gasteiger partial charge in [0.2, 0.25) is 0 Å². The summed E-state index contributed by atoms with van der Waals surface area (Å²) in [5.41, 5.74) is 1.20. The lowest BCUT2D eigenvalue weighted by molar-refractivity contribution is 0.0997. The summed E-state index contributed by atoms with van der Waals surface area (Å²) in [7, 11) is 1.84. The minimum absolute atomic E-state index is 0.234. The fourth-order valence-corrected chi connectivity index (χ4v) is 3.30. The average molecular weight is 330 g/mol. The molecular formula is C17H15FN2O2S. The molecule has 2 aromatic carbocycles.